The Bertz CT molecular complexity index is 509. The lowest BCUT2D eigenvalue weighted by atomic mass is 10.4. The van der Waals surface area contributed by atoms with Crippen molar-refractivity contribution in [3.8, 4) is 0 Å². The number of hydrogen-bond acceptors (Lipinski definition) is 6. The molecule has 0 radical (unpaired) electrons. The van der Waals surface area contributed by atoms with Crippen LogP contribution in [0.4, 0.5) is 6.01 Å². The van der Waals surface area contributed by atoms with Gasteiger partial charge in [-0.3, -0.25) is 10.1 Å². The first kappa shape index (κ1) is 10.5. The number of anilines is 1. The van der Waals surface area contributed by atoms with Crippen molar-refractivity contribution in [2.24, 2.45) is 0 Å². The predicted molar refractivity (Wildman–Crippen MR) is 54.0 cm³/mol. The lowest BCUT2D eigenvalue weighted by Gasteiger charge is -1.98. The van der Waals surface area contributed by atoms with Gasteiger partial charge in [0.25, 0.3) is 5.91 Å². The summed E-state index contributed by atoms with van der Waals surface area (Å²) in [5, 5.41) is 9.75. The summed E-state index contributed by atoms with van der Waals surface area (Å²) < 4.78 is 4.97. The Balaban J connectivity index is 2.11. The summed E-state index contributed by atoms with van der Waals surface area (Å²) in [5.41, 5.74) is 0.111. The smallest absolute Gasteiger partial charge is 0.322 e. The number of nitrogens with zero attached hydrogens (tertiary/aromatic N) is 4. The fourth-order valence-corrected chi connectivity index (χ4v) is 1.04. The highest BCUT2D eigenvalue weighted by atomic mass is 35.5. The van der Waals surface area contributed by atoms with Gasteiger partial charge >= 0.3 is 6.01 Å². The Hall–Kier alpha value is -2.02. The van der Waals surface area contributed by atoms with Crippen molar-refractivity contribution in [1.82, 2.24) is 20.2 Å². The maximum absolute atomic E-state index is 11.6. The van der Waals surface area contributed by atoms with E-state index in [0.29, 0.717) is 5.89 Å². The number of carbonyl (C=O) groups excluding carboxylic acids is 1. The van der Waals surface area contributed by atoms with Gasteiger partial charge in [-0.15, -0.1) is 5.10 Å². The van der Waals surface area contributed by atoms with Gasteiger partial charge in [-0.1, -0.05) is 16.7 Å². The molecule has 0 saturated heterocycles. The van der Waals surface area contributed by atoms with E-state index in [9.17, 15) is 4.79 Å². The van der Waals surface area contributed by atoms with Crippen LogP contribution in [0.15, 0.2) is 16.8 Å². The Kier molecular flexibility index (Phi) is 2.78. The largest absolute Gasteiger partial charge is 0.408 e. The minimum Gasteiger partial charge on any atom is -0.408 e. The van der Waals surface area contributed by atoms with Gasteiger partial charge in [0.15, 0.2) is 0 Å². The van der Waals surface area contributed by atoms with Crippen LogP contribution in [0.2, 0.25) is 5.15 Å². The second-order valence-corrected chi connectivity index (χ2v) is 3.19. The number of amides is 1. The Labute approximate surface area is 94.9 Å². The molecular weight excluding hydrogens is 234 g/mol. The van der Waals surface area contributed by atoms with Crippen molar-refractivity contribution >= 4 is 23.5 Å². The molecule has 7 nitrogen and oxygen atoms in total. The van der Waals surface area contributed by atoms with E-state index in [-0.39, 0.29) is 16.9 Å². The van der Waals surface area contributed by atoms with Crippen LogP contribution in [0.3, 0.4) is 0 Å². The van der Waals surface area contributed by atoms with Crippen molar-refractivity contribution in [3.05, 3.63) is 29.1 Å². The molecule has 0 unspecified atom stereocenters. The molecule has 0 aliphatic rings. The summed E-state index contributed by atoms with van der Waals surface area (Å²) >= 11 is 5.53. The van der Waals surface area contributed by atoms with Crippen LogP contribution in [0.1, 0.15) is 16.4 Å². The van der Waals surface area contributed by atoms with Crippen molar-refractivity contribution in [2.45, 2.75) is 6.92 Å². The molecule has 0 aliphatic heterocycles. The van der Waals surface area contributed by atoms with Gasteiger partial charge < -0.3 is 4.42 Å². The molecular formula is C8H6ClN5O2. The van der Waals surface area contributed by atoms with Gasteiger partial charge in [-0.25, -0.2) is 9.97 Å². The molecule has 0 atom stereocenters. The molecule has 2 heterocycles. The van der Waals surface area contributed by atoms with Gasteiger partial charge in [0.1, 0.15) is 10.8 Å². The fraction of sp³-hybridized carbons (Fsp3) is 0.125. The molecule has 0 fully saturated rings. The third kappa shape index (κ3) is 2.31. The maximum Gasteiger partial charge on any atom is 0.322 e. The minimum absolute atomic E-state index is 0.0132. The number of halogens is 1. The van der Waals surface area contributed by atoms with Crippen LogP contribution in [-0.4, -0.2) is 26.1 Å². The Morgan fingerprint density at radius 1 is 1.38 bits per heavy atom. The molecule has 0 spiro atoms. The minimum atomic E-state index is -0.493. The first-order chi connectivity index (χ1) is 7.65. The SMILES string of the molecule is Cc1nnc(NC(=O)c2cnc(Cl)cn2)o1. The molecule has 1 N–H and O–H groups in total. The number of aryl methyl sites for hydroxylation is 1. The van der Waals surface area contributed by atoms with Crippen molar-refractivity contribution in [1.29, 1.82) is 0 Å². The highest BCUT2D eigenvalue weighted by molar-refractivity contribution is 6.29. The third-order valence-electron chi connectivity index (χ3n) is 1.60. The lowest BCUT2D eigenvalue weighted by Crippen LogP contribution is -2.14. The lowest BCUT2D eigenvalue weighted by molar-refractivity contribution is 0.101. The zero-order valence-electron chi connectivity index (χ0n) is 8.14. The first-order valence-corrected chi connectivity index (χ1v) is 4.62. The highest BCUT2D eigenvalue weighted by Gasteiger charge is 2.11. The van der Waals surface area contributed by atoms with E-state index >= 15 is 0 Å². The standard InChI is InChI=1S/C8H6ClN5O2/c1-4-13-14-8(16-4)12-7(15)5-2-11-6(9)3-10-5/h2-3H,1H3,(H,12,14,15). The summed E-state index contributed by atoms with van der Waals surface area (Å²) in [6.45, 7) is 1.62. The van der Waals surface area contributed by atoms with E-state index in [0.717, 1.165) is 0 Å². The third-order valence-corrected chi connectivity index (χ3v) is 1.79. The zero-order chi connectivity index (χ0) is 11.5. The Morgan fingerprint density at radius 3 is 2.75 bits per heavy atom. The average Bonchev–Trinajstić information content (AvgIpc) is 2.65. The monoisotopic (exact) mass is 239 g/mol. The molecule has 8 heteroatoms. The second-order valence-electron chi connectivity index (χ2n) is 2.80. The highest BCUT2D eigenvalue weighted by Crippen LogP contribution is 2.06. The molecule has 82 valence electrons. The van der Waals surface area contributed by atoms with Crippen LogP contribution < -0.4 is 5.32 Å². The number of rotatable bonds is 2. The topological polar surface area (TPSA) is 93.8 Å². The molecule has 2 rings (SSSR count). The van der Waals surface area contributed by atoms with E-state index < -0.39 is 5.91 Å². The number of nitrogens with one attached hydrogen (secondary N) is 1. The van der Waals surface area contributed by atoms with Crippen LogP contribution in [0, 0.1) is 6.92 Å². The summed E-state index contributed by atoms with van der Waals surface area (Å²) in [6, 6.07) is 0.0132. The molecule has 0 aromatic carbocycles. The van der Waals surface area contributed by atoms with Crippen LogP contribution in [0.5, 0.6) is 0 Å². The van der Waals surface area contributed by atoms with Gasteiger partial charge in [0.2, 0.25) is 5.89 Å². The number of hydrogen-bond donors (Lipinski definition) is 1. The summed E-state index contributed by atoms with van der Waals surface area (Å²) in [5.74, 6) is -0.134. The normalized spacial score (nSPS) is 10.1. The van der Waals surface area contributed by atoms with E-state index in [4.69, 9.17) is 16.0 Å². The van der Waals surface area contributed by atoms with Crippen molar-refractivity contribution in [2.75, 3.05) is 5.32 Å². The van der Waals surface area contributed by atoms with Gasteiger partial charge in [0.05, 0.1) is 12.4 Å². The zero-order valence-corrected chi connectivity index (χ0v) is 8.89. The van der Waals surface area contributed by atoms with Gasteiger partial charge in [0, 0.05) is 6.92 Å². The van der Waals surface area contributed by atoms with Gasteiger partial charge in [-0.2, -0.15) is 0 Å². The van der Waals surface area contributed by atoms with Gasteiger partial charge in [-0.05, 0) is 0 Å². The van der Waals surface area contributed by atoms with Crippen molar-refractivity contribution in [3.63, 3.8) is 0 Å². The summed E-state index contributed by atoms with van der Waals surface area (Å²) in [4.78, 5) is 19.1. The number of carbonyl (C=O) groups is 1. The molecule has 0 aliphatic carbocycles. The maximum atomic E-state index is 11.6. The van der Waals surface area contributed by atoms with Crippen LogP contribution in [0.25, 0.3) is 0 Å². The second kappa shape index (κ2) is 4.23. The first-order valence-electron chi connectivity index (χ1n) is 4.24. The van der Waals surface area contributed by atoms with E-state index in [1.54, 1.807) is 6.92 Å². The summed E-state index contributed by atoms with van der Waals surface area (Å²) in [7, 11) is 0. The van der Waals surface area contributed by atoms with Crippen LogP contribution in [-0.2, 0) is 0 Å². The fourth-order valence-electron chi connectivity index (χ4n) is 0.938. The van der Waals surface area contributed by atoms with Crippen LogP contribution >= 0.6 is 11.6 Å². The van der Waals surface area contributed by atoms with Crippen molar-refractivity contribution < 1.29 is 9.21 Å². The number of aromatic nitrogens is 4. The molecule has 0 bridgehead atoms. The quantitative estimate of drug-likeness (QED) is 0.843. The average molecular weight is 240 g/mol. The predicted octanol–water partition coefficient (Wildman–Crippen LogP) is 1.07. The molecule has 16 heavy (non-hydrogen) atoms. The molecule has 2 aromatic heterocycles. The molecule has 0 saturated carbocycles. The van der Waals surface area contributed by atoms with E-state index in [1.165, 1.54) is 12.4 Å². The Morgan fingerprint density at radius 2 is 2.19 bits per heavy atom. The molecule has 2 aromatic rings. The molecule has 1 amide bonds. The van der Waals surface area contributed by atoms with E-state index in [1.807, 2.05) is 0 Å². The van der Waals surface area contributed by atoms with E-state index in [2.05, 4.69) is 25.5 Å². The summed E-state index contributed by atoms with van der Waals surface area (Å²) in [6.07, 6.45) is 2.52.